The van der Waals surface area contributed by atoms with Crippen molar-refractivity contribution in [3.05, 3.63) is 11.9 Å². The molecule has 1 aliphatic carbocycles. The summed E-state index contributed by atoms with van der Waals surface area (Å²) in [7, 11) is 0. The van der Waals surface area contributed by atoms with Crippen molar-refractivity contribution in [2.45, 2.75) is 52.5 Å². The van der Waals surface area contributed by atoms with Gasteiger partial charge in [-0.15, -0.1) is 0 Å². The first-order valence-electron chi connectivity index (χ1n) is 7.10. The molecular weight excluding hydrogens is 224 g/mol. The van der Waals surface area contributed by atoms with E-state index in [2.05, 4.69) is 41.4 Å². The molecule has 4 nitrogen and oxygen atoms in total. The molecule has 0 spiro atoms. The number of anilines is 2. The highest BCUT2D eigenvalue weighted by Gasteiger charge is 2.24. The van der Waals surface area contributed by atoms with E-state index < -0.39 is 0 Å². The van der Waals surface area contributed by atoms with Crippen LogP contribution in [0.15, 0.2) is 6.33 Å². The van der Waals surface area contributed by atoms with Crippen LogP contribution in [-0.4, -0.2) is 22.6 Å². The minimum Gasteiger partial charge on any atom is -0.370 e. The van der Waals surface area contributed by atoms with E-state index in [0.717, 1.165) is 30.5 Å². The summed E-state index contributed by atoms with van der Waals surface area (Å²) in [4.78, 5) is 8.76. The van der Waals surface area contributed by atoms with Crippen molar-refractivity contribution in [3.8, 4) is 0 Å². The highest BCUT2D eigenvalue weighted by molar-refractivity contribution is 5.57. The molecule has 18 heavy (non-hydrogen) atoms. The van der Waals surface area contributed by atoms with Gasteiger partial charge in [0, 0.05) is 18.2 Å². The molecule has 0 aliphatic heterocycles. The Labute approximate surface area is 110 Å². The fourth-order valence-corrected chi connectivity index (χ4v) is 2.73. The standard InChI is InChI=1S/C14H24N4/c1-4-11-13(15-5-2)16-9-17-14(11)18-12-8-6-7-10(12)3/h9-10,12H,4-8H2,1-3H3,(H2,15,16,17,18). The molecule has 1 aromatic rings. The van der Waals surface area contributed by atoms with E-state index in [-0.39, 0.29) is 0 Å². The van der Waals surface area contributed by atoms with Crippen LogP contribution in [0.4, 0.5) is 11.6 Å². The summed E-state index contributed by atoms with van der Waals surface area (Å²) in [5, 5.41) is 6.93. The third kappa shape index (κ3) is 2.74. The predicted molar refractivity (Wildman–Crippen MR) is 76.0 cm³/mol. The lowest BCUT2D eigenvalue weighted by Gasteiger charge is -2.20. The second-order valence-corrected chi connectivity index (χ2v) is 5.09. The van der Waals surface area contributed by atoms with Crippen LogP contribution in [0, 0.1) is 5.92 Å². The summed E-state index contributed by atoms with van der Waals surface area (Å²) in [5.74, 6) is 2.73. The van der Waals surface area contributed by atoms with Gasteiger partial charge in [0.15, 0.2) is 0 Å². The van der Waals surface area contributed by atoms with Crippen LogP contribution in [0.25, 0.3) is 0 Å². The third-order valence-corrected chi connectivity index (χ3v) is 3.83. The molecular formula is C14H24N4. The minimum absolute atomic E-state index is 0.569. The maximum atomic E-state index is 4.43. The zero-order valence-corrected chi connectivity index (χ0v) is 11.7. The fraction of sp³-hybridized carbons (Fsp3) is 0.714. The molecule has 1 saturated carbocycles. The van der Waals surface area contributed by atoms with Gasteiger partial charge in [0.05, 0.1) is 0 Å². The smallest absolute Gasteiger partial charge is 0.134 e. The van der Waals surface area contributed by atoms with E-state index in [0.29, 0.717) is 6.04 Å². The maximum absolute atomic E-state index is 4.43. The van der Waals surface area contributed by atoms with Gasteiger partial charge in [-0.1, -0.05) is 20.3 Å². The lowest BCUT2D eigenvalue weighted by atomic mass is 10.1. The molecule has 1 aromatic heterocycles. The van der Waals surface area contributed by atoms with Gasteiger partial charge < -0.3 is 10.6 Å². The number of nitrogens with one attached hydrogen (secondary N) is 2. The molecule has 0 saturated heterocycles. The predicted octanol–water partition coefficient (Wildman–Crippen LogP) is 3.07. The van der Waals surface area contributed by atoms with Gasteiger partial charge in [0.25, 0.3) is 0 Å². The SMILES string of the molecule is CCNc1ncnc(NC2CCCC2C)c1CC. The molecule has 2 rings (SSSR count). The number of rotatable bonds is 5. The first-order chi connectivity index (χ1) is 8.76. The van der Waals surface area contributed by atoms with Gasteiger partial charge in [0.2, 0.25) is 0 Å². The first-order valence-corrected chi connectivity index (χ1v) is 7.10. The number of nitrogens with zero attached hydrogens (tertiary/aromatic N) is 2. The van der Waals surface area contributed by atoms with E-state index in [1.807, 2.05) is 0 Å². The van der Waals surface area contributed by atoms with Gasteiger partial charge in [-0.05, 0) is 32.1 Å². The largest absolute Gasteiger partial charge is 0.370 e. The molecule has 0 amide bonds. The Morgan fingerprint density at radius 3 is 2.61 bits per heavy atom. The Morgan fingerprint density at radius 1 is 1.22 bits per heavy atom. The second-order valence-electron chi connectivity index (χ2n) is 5.09. The Kier molecular flexibility index (Phi) is 4.39. The summed E-state index contributed by atoms with van der Waals surface area (Å²) >= 11 is 0. The highest BCUT2D eigenvalue weighted by Crippen LogP contribution is 2.29. The van der Waals surface area contributed by atoms with Crippen LogP contribution in [0.3, 0.4) is 0 Å². The molecule has 2 unspecified atom stereocenters. The lowest BCUT2D eigenvalue weighted by molar-refractivity contribution is 0.554. The first kappa shape index (κ1) is 13.1. The summed E-state index contributed by atoms with van der Waals surface area (Å²) < 4.78 is 0. The van der Waals surface area contributed by atoms with Crippen molar-refractivity contribution >= 4 is 11.6 Å². The quantitative estimate of drug-likeness (QED) is 0.841. The molecule has 0 aromatic carbocycles. The molecule has 2 atom stereocenters. The highest BCUT2D eigenvalue weighted by atomic mass is 15.1. The van der Waals surface area contributed by atoms with Crippen molar-refractivity contribution in [2.75, 3.05) is 17.2 Å². The van der Waals surface area contributed by atoms with E-state index in [9.17, 15) is 0 Å². The van der Waals surface area contributed by atoms with Crippen LogP contribution in [0.1, 0.15) is 45.6 Å². The van der Waals surface area contributed by atoms with Crippen LogP contribution < -0.4 is 10.6 Å². The van der Waals surface area contributed by atoms with Crippen LogP contribution in [0.5, 0.6) is 0 Å². The number of hydrogen-bond acceptors (Lipinski definition) is 4. The molecule has 0 bridgehead atoms. The third-order valence-electron chi connectivity index (χ3n) is 3.83. The van der Waals surface area contributed by atoms with E-state index >= 15 is 0 Å². The minimum atomic E-state index is 0.569. The summed E-state index contributed by atoms with van der Waals surface area (Å²) in [5.41, 5.74) is 1.21. The van der Waals surface area contributed by atoms with Crippen molar-refractivity contribution in [3.63, 3.8) is 0 Å². The number of aromatic nitrogens is 2. The van der Waals surface area contributed by atoms with Gasteiger partial charge in [-0.2, -0.15) is 0 Å². The normalized spacial score (nSPS) is 23.1. The van der Waals surface area contributed by atoms with Crippen LogP contribution in [0.2, 0.25) is 0 Å². The molecule has 1 fully saturated rings. The van der Waals surface area contributed by atoms with Crippen molar-refractivity contribution in [1.29, 1.82) is 0 Å². The molecule has 0 radical (unpaired) electrons. The molecule has 1 heterocycles. The number of hydrogen-bond donors (Lipinski definition) is 2. The van der Waals surface area contributed by atoms with Crippen molar-refractivity contribution < 1.29 is 0 Å². The van der Waals surface area contributed by atoms with Crippen molar-refractivity contribution in [1.82, 2.24) is 9.97 Å². The Bertz CT molecular complexity index is 391. The molecule has 2 N–H and O–H groups in total. The van der Waals surface area contributed by atoms with Crippen molar-refractivity contribution in [2.24, 2.45) is 5.92 Å². The van der Waals surface area contributed by atoms with Gasteiger partial charge in [-0.25, -0.2) is 9.97 Å². The van der Waals surface area contributed by atoms with Gasteiger partial charge in [0.1, 0.15) is 18.0 Å². The lowest BCUT2D eigenvalue weighted by Crippen LogP contribution is -2.23. The topological polar surface area (TPSA) is 49.8 Å². The monoisotopic (exact) mass is 248 g/mol. The molecule has 4 heteroatoms. The second kappa shape index (κ2) is 6.03. The van der Waals surface area contributed by atoms with Crippen LogP contribution >= 0.6 is 0 Å². The Morgan fingerprint density at radius 2 is 2.00 bits per heavy atom. The zero-order chi connectivity index (χ0) is 13.0. The van der Waals surface area contributed by atoms with E-state index in [1.54, 1.807) is 6.33 Å². The zero-order valence-electron chi connectivity index (χ0n) is 11.7. The molecule has 1 aliphatic rings. The average Bonchev–Trinajstić information content (AvgIpc) is 2.76. The summed E-state index contributed by atoms with van der Waals surface area (Å²) in [6.45, 7) is 7.46. The maximum Gasteiger partial charge on any atom is 0.134 e. The molecule has 100 valence electrons. The summed E-state index contributed by atoms with van der Waals surface area (Å²) in [6.07, 6.45) is 6.51. The Balaban J connectivity index is 2.18. The fourth-order valence-electron chi connectivity index (χ4n) is 2.73. The van der Waals surface area contributed by atoms with Gasteiger partial charge in [-0.3, -0.25) is 0 Å². The Hall–Kier alpha value is -1.32. The van der Waals surface area contributed by atoms with E-state index in [1.165, 1.54) is 24.8 Å². The summed E-state index contributed by atoms with van der Waals surface area (Å²) in [6, 6.07) is 0.569. The van der Waals surface area contributed by atoms with Gasteiger partial charge >= 0.3 is 0 Å². The van der Waals surface area contributed by atoms with E-state index in [4.69, 9.17) is 0 Å². The average molecular weight is 248 g/mol. The van der Waals surface area contributed by atoms with Crippen LogP contribution in [-0.2, 0) is 6.42 Å².